The Morgan fingerprint density at radius 2 is 2.00 bits per heavy atom. The molecule has 0 radical (unpaired) electrons. The Bertz CT molecular complexity index is 445. The van der Waals surface area contributed by atoms with Gasteiger partial charge in [-0.25, -0.2) is 0 Å². The third-order valence-electron chi connectivity index (χ3n) is 2.38. The molecule has 0 heterocycles. The number of rotatable bonds is 6. The second-order valence-corrected chi connectivity index (χ2v) is 5.50. The average Bonchev–Trinajstić information content (AvgIpc) is 2.41. The lowest BCUT2D eigenvalue weighted by molar-refractivity contribution is -0.137. The van der Waals surface area contributed by atoms with Gasteiger partial charge in [-0.05, 0) is 12.5 Å². The van der Waals surface area contributed by atoms with Crippen molar-refractivity contribution < 1.29 is 18.0 Å². The number of amides is 1. The van der Waals surface area contributed by atoms with Crippen LogP contribution in [0, 0.1) is 0 Å². The van der Waals surface area contributed by atoms with Crippen molar-refractivity contribution in [3.05, 3.63) is 42.0 Å². The zero-order chi connectivity index (χ0) is 15.0. The van der Waals surface area contributed by atoms with Crippen LogP contribution in [-0.2, 0) is 4.79 Å². The van der Waals surface area contributed by atoms with Crippen molar-refractivity contribution in [3.63, 3.8) is 0 Å². The number of hydrogen-bond donors (Lipinski definition) is 1. The Hall–Kier alpha value is -1.43. The highest BCUT2D eigenvalue weighted by Gasteiger charge is 2.28. The number of carbonyl (C=O) groups excluding carboxylic acids is 1. The van der Waals surface area contributed by atoms with Gasteiger partial charge in [0.25, 0.3) is 0 Å². The Kier molecular flexibility index (Phi) is 6.64. The Balaban J connectivity index is 2.27. The first-order valence-electron chi connectivity index (χ1n) is 6.06. The van der Waals surface area contributed by atoms with E-state index < -0.39 is 23.9 Å². The van der Waals surface area contributed by atoms with Gasteiger partial charge in [0.15, 0.2) is 0 Å². The predicted molar refractivity (Wildman–Crippen MR) is 76.5 cm³/mol. The number of alkyl halides is 3. The summed E-state index contributed by atoms with van der Waals surface area (Å²) in [5, 5.41) is 1.36. The quantitative estimate of drug-likeness (QED) is 0.871. The minimum absolute atomic E-state index is 0.516. The van der Waals surface area contributed by atoms with Crippen molar-refractivity contribution in [2.75, 3.05) is 12.3 Å². The molecule has 0 saturated carbocycles. The molecule has 0 fully saturated rings. The maximum atomic E-state index is 11.9. The summed E-state index contributed by atoms with van der Waals surface area (Å²) in [7, 11) is 0. The summed E-state index contributed by atoms with van der Waals surface area (Å²) in [6, 6.07) is 9.64. The van der Waals surface area contributed by atoms with E-state index in [0.717, 1.165) is 5.56 Å². The van der Waals surface area contributed by atoms with Gasteiger partial charge >= 0.3 is 6.18 Å². The monoisotopic (exact) mass is 303 g/mol. The maximum absolute atomic E-state index is 11.9. The van der Waals surface area contributed by atoms with Crippen molar-refractivity contribution >= 4 is 23.7 Å². The molecule has 0 spiro atoms. The zero-order valence-corrected chi connectivity index (χ0v) is 11.8. The van der Waals surface area contributed by atoms with Gasteiger partial charge in [0, 0.05) is 5.75 Å². The van der Waals surface area contributed by atoms with Gasteiger partial charge < -0.3 is 5.32 Å². The van der Waals surface area contributed by atoms with Gasteiger partial charge in [-0.2, -0.15) is 13.2 Å². The second-order valence-electron chi connectivity index (χ2n) is 4.12. The van der Waals surface area contributed by atoms with E-state index in [1.807, 2.05) is 47.8 Å². The van der Waals surface area contributed by atoms with Crippen molar-refractivity contribution in [1.29, 1.82) is 0 Å². The molecule has 1 rings (SSSR count). The molecule has 1 unspecified atom stereocenters. The Morgan fingerprint density at radius 3 is 2.60 bits per heavy atom. The molecule has 6 heteroatoms. The normalized spacial score (nSPS) is 13.4. The fourth-order valence-corrected chi connectivity index (χ4v) is 2.09. The van der Waals surface area contributed by atoms with Gasteiger partial charge in [0.05, 0.1) is 5.25 Å². The molecule has 0 saturated heterocycles. The first-order chi connectivity index (χ1) is 9.38. The van der Waals surface area contributed by atoms with E-state index in [1.54, 1.807) is 6.92 Å². The summed E-state index contributed by atoms with van der Waals surface area (Å²) in [4.78, 5) is 11.4. The van der Waals surface area contributed by atoms with E-state index >= 15 is 0 Å². The third-order valence-corrected chi connectivity index (χ3v) is 3.48. The average molecular weight is 303 g/mol. The molecule has 110 valence electrons. The smallest absolute Gasteiger partial charge is 0.346 e. The minimum Gasteiger partial charge on any atom is -0.346 e. The van der Waals surface area contributed by atoms with Crippen molar-refractivity contribution in [1.82, 2.24) is 5.32 Å². The van der Waals surface area contributed by atoms with Crippen molar-refractivity contribution in [3.8, 4) is 0 Å². The molecule has 0 aliphatic rings. The fourth-order valence-electron chi connectivity index (χ4n) is 1.35. The van der Waals surface area contributed by atoms with Gasteiger partial charge in [0.1, 0.15) is 6.54 Å². The van der Waals surface area contributed by atoms with Crippen LogP contribution in [0.15, 0.2) is 36.4 Å². The lowest BCUT2D eigenvalue weighted by atomic mass is 10.2. The molecule has 1 aromatic rings. The van der Waals surface area contributed by atoms with E-state index in [9.17, 15) is 18.0 Å². The number of hydrogen-bond acceptors (Lipinski definition) is 2. The first-order valence-corrected chi connectivity index (χ1v) is 7.11. The summed E-state index contributed by atoms with van der Waals surface area (Å²) in [6.07, 6.45) is -0.575. The highest BCUT2D eigenvalue weighted by atomic mass is 32.2. The van der Waals surface area contributed by atoms with Crippen LogP contribution in [-0.4, -0.2) is 29.6 Å². The van der Waals surface area contributed by atoms with Crippen LogP contribution in [0.3, 0.4) is 0 Å². The molecule has 0 bridgehead atoms. The molecule has 1 aromatic carbocycles. The second kappa shape index (κ2) is 7.99. The molecule has 0 aliphatic heterocycles. The standard InChI is InChI=1S/C14H16F3NOS/c1-11(13(19)18-10-14(15,16)17)20-9-5-8-12-6-3-2-4-7-12/h2-8,11H,9-10H2,1H3,(H,18,19)/b8-5+. The molecule has 20 heavy (non-hydrogen) atoms. The molecule has 1 N–H and O–H groups in total. The van der Waals surface area contributed by atoms with Crippen LogP contribution < -0.4 is 5.32 Å². The van der Waals surface area contributed by atoms with Gasteiger partial charge in [-0.15, -0.1) is 11.8 Å². The summed E-state index contributed by atoms with van der Waals surface area (Å²) >= 11 is 1.29. The zero-order valence-electron chi connectivity index (χ0n) is 11.0. The van der Waals surface area contributed by atoms with Gasteiger partial charge in [-0.3, -0.25) is 4.79 Å². The number of benzene rings is 1. The fraction of sp³-hybridized carbons (Fsp3) is 0.357. The molecule has 0 aliphatic carbocycles. The highest BCUT2D eigenvalue weighted by Crippen LogP contribution is 2.15. The van der Waals surface area contributed by atoms with Crippen LogP contribution in [0.1, 0.15) is 12.5 Å². The molecular weight excluding hydrogens is 287 g/mol. The highest BCUT2D eigenvalue weighted by molar-refractivity contribution is 8.00. The maximum Gasteiger partial charge on any atom is 0.405 e. The predicted octanol–water partition coefficient (Wildman–Crippen LogP) is 3.50. The van der Waals surface area contributed by atoms with E-state index in [4.69, 9.17) is 0 Å². The van der Waals surface area contributed by atoms with Crippen LogP contribution >= 0.6 is 11.8 Å². The number of halogens is 3. The summed E-state index contributed by atoms with van der Waals surface area (Å²) < 4.78 is 35.8. The third kappa shape index (κ3) is 7.23. The number of thioether (sulfide) groups is 1. The van der Waals surface area contributed by atoms with E-state index in [2.05, 4.69) is 0 Å². The lowest BCUT2D eigenvalue weighted by Crippen LogP contribution is -2.38. The summed E-state index contributed by atoms with van der Waals surface area (Å²) in [5.41, 5.74) is 1.04. The first kappa shape index (κ1) is 16.6. The Labute approximate surface area is 120 Å². The number of carbonyl (C=O) groups is 1. The molecule has 0 aromatic heterocycles. The minimum atomic E-state index is -4.37. The van der Waals surface area contributed by atoms with Crippen molar-refractivity contribution in [2.24, 2.45) is 0 Å². The van der Waals surface area contributed by atoms with Gasteiger partial charge in [0.2, 0.25) is 5.91 Å². The van der Waals surface area contributed by atoms with Crippen molar-refractivity contribution in [2.45, 2.75) is 18.3 Å². The van der Waals surface area contributed by atoms with E-state index in [1.165, 1.54) is 11.8 Å². The lowest BCUT2D eigenvalue weighted by Gasteiger charge is -2.12. The Morgan fingerprint density at radius 1 is 1.35 bits per heavy atom. The van der Waals surface area contributed by atoms with E-state index in [-0.39, 0.29) is 0 Å². The largest absolute Gasteiger partial charge is 0.405 e. The molecule has 2 nitrogen and oxygen atoms in total. The van der Waals surface area contributed by atoms with E-state index in [0.29, 0.717) is 5.75 Å². The topological polar surface area (TPSA) is 29.1 Å². The van der Waals surface area contributed by atoms with Gasteiger partial charge in [-0.1, -0.05) is 42.5 Å². The number of nitrogens with one attached hydrogen (secondary N) is 1. The summed E-state index contributed by atoms with van der Waals surface area (Å²) in [6.45, 7) is 0.309. The van der Waals surface area contributed by atoms with Crippen LogP contribution in [0.4, 0.5) is 13.2 Å². The molecule has 1 amide bonds. The van der Waals surface area contributed by atoms with Crippen LogP contribution in [0.25, 0.3) is 6.08 Å². The van der Waals surface area contributed by atoms with Crippen LogP contribution in [0.2, 0.25) is 0 Å². The molecular formula is C14H16F3NOS. The van der Waals surface area contributed by atoms with Crippen LogP contribution in [0.5, 0.6) is 0 Å². The SMILES string of the molecule is CC(SC/C=C/c1ccccc1)C(=O)NCC(F)(F)F. The molecule has 1 atom stereocenters. The summed E-state index contributed by atoms with van der Waals surface area (Å²) in [5.74, 6) is -0.0318.